The van der Waals surface area contributed by atoms with E-state index >= 15 is 0 Å². The fraction of sp³-hybridized carbons (Fsp3) is 0.389. The number of ether oxygens (including phenoxy) is 1. The normalized spacial score (nSPS) is 14.6. The van der Waals surface area contributed by atoms with Gasteiger partial charge in [-0.3, -0.25) is 4.79 Å². The number of carbonyl (C=O) groups excluding carboxylic acids is 1. The Bertz CT molecular complexity index is 759. The first-order chi connectivity index (χ1) is 12.4. The molecule has 1 aliphatic rings. The van der Waals surface area contributed by atoms with Crippen LogP contribution in [-0.2, 0) is 11.2 Å². The van der Waals surface area contributed by atoms with Gasteiger partial charge in [0.05, 0.1) is 6.42 Å². The van der Waals surface area contributed by atoms with Crippen LogP contribution in [0.25, 0.3) is 0 Å². The third kappa shape index (κ3) is 5.18. The maximum Gasteiger partial charge on any atom is 0.422 e. The summed E-state index contributed by atoms with van der Waals surface area (Å²) < 4.78 is 41.0. The maximum absolute atomic E-state index is 12.1. The van der Waals surface area contributed by atoms with Crippen molar-refractivity contribution in [2.45, 2.75) is 37.8 Å². The monoisotopic (exact) mass is 365 g/mol. The lowest BCUT2D eigenvalue weighted by Gasteiger charge is -2.23. The van der Waals surface area contributed by atoms with Crippen LogP contribution in [0.3, 0.4) is 0 Å². The Morgan fingerprint density at radius 2 is 1.92 bits per heavy atom. The minimum Gasteiger partial charge on any atom is -0.484 e. The summed E-state index contributed by atoms with van der Waals surface area (Å²) in [7, 11) is 0. The number of nitrogens with zero attached hydrogens (tertiary/aromatic N) is 2. The number of anilines is 1. The first-order valence-electron chi connectivity index (χ1n) is 8.30. The van der Waals surface area contributed by atoms with E-state index in [1.54, 1.807) is 24.4 Å². The van der Waals surface area contributed by atoms with Gasteiger partial charge in [0.1, 0.15) is 17.4 Å². The molecule has 0 bridgehead atoms. The van der Waals surface area contributed by atoms with Crippen LogP contribution >= 0.6 is 0 Å². The minimum atomic E-state index is -4.38. The Hall–Kier alpha value is -2.64. The average molecular weight is 365 g/mol. The van der Waals surface area contributed by atoms with Gasteiger partial charge in [-0.1, -0.05) is 18.6 Å². The fourth-order valence-corrected chi connectivity index (χ4v) is 2.55. The number of hydrogen-bond acceptors (Lipinski definition) is 4. The maximum atomic E-state index is 12.1. The molecule has 8 heteroatoms. The van der Waals surface area contributed by atoms with Gasteiger partial charge in [0.25, 0.3) is 0 Å². The van der Waals surface area contributed by atoms with Gasteiger partial charge < -0.3 is 10.1 Å². The van der Waals surface area contributed by atoms with Gasteiger partial charge in [-0.05, 0) is 36.6 Å². The van der Waals surface area contributed by atoms with Crippen molar-refractivity contribution in [3.05, 3.63) is 47.9 Å². The van der Waals surface area contributed by atoms with E-state index in [0.717, 1.165) is 18.7 Å². The quantitative estimate of drug-likeness (QED) is 0.844. The zero-order valence-electron chi connectivity index (χ0n) is 13.9. The van der Waals surface area contributed by atoms with Crippen molar-refractivity contribution in [1.29, 1.82) is 0 Å². The lowest BCUT2D eigenvalue weighted by Crippen LogP contribution is -2.19. The van der Waals surface area contributed by atoms with Crippen molar-refractivity contribution in [2.75, 3.05) is 11.9 Å². The molecule has 0 saturated heterocycles. The second-order valence-corrected chi connectivity index (χ2v) is 6.20. The van der Waals surface area contributed by atoms with Crippen LogP contribution in [0, 0.1) is 0 Å². The molecule has 3 rings (SSSR count). The van der Waals surface area contributed by atoms with E-state index in [1.165, 1.54) is 18.6 Å². The largest absolute Gasteiger partial charge is 0.484 e. The van der Waals surface area contributed by atoms with E-state index in [-0.39, 0.29) is 18.1 Å². The highest BCUT2D eigenvalue weighted by atomic mass is 19.4. The number of carbonyl (C=O) groups is 1. The molecule has 5 nitrogen and oxygen atoms in total. The number of alkyl halides is 3. The van der Waals surface area contributed by atoms with E-state index in [4.69, 9.17) is 0 Å². The first-order valence-corrected chi connectivity index (χ1v) is 8.30. The fourth-order valence-electron chi connectivity index (χ4n) is 2.55. The van der Waals surface area contributed by atoms with Crippen LogP contribution in [0.5, 0.6) is 5.75 Å². The molecule has 0 aliphatic heterocycles. The standard InChI is InChI=1S/C18H18F3N3O2/c19-18(20,21)11-26-14-6-4-12(5-7-14)10-16(25)23-15-8-9-22-17(24-15)13-2-1-3-13/h4-9,13H,1-3,10-11H2,(H,22,23,24,25). The van der Waals surface area contributed by atoms with Crippen LogP contribution < -0.4 is 10.1 Å². The van der Waals surface area contributed by atoms with Gasteiger partial charge in [0.2, 0.25) is 5.91 Å². The predicted octanol–water partition coefficient (Wildman–Crippen LogP) is 3.87. The molecular weight excluding hydrogens is 347 g/mol. The van der Waals surface area contributed by atoms with Crippen LogP contribution in [-0.4, -0.2) is 28.7 Å². The van der Waals surface area contributed by atoms with Crippen molar-refractivity contribution in [3.8, 4) is 5.75 Å². The van der Waals surface area contributed by atoms with Crippen LogP contribution in [0.15, 0.2) is 36.5 Å². The second kappa shape index (κ2) is 7.72. The highest BCUT2D eigenvalue weighted by Gasteiger charge is 2.28. The summed E-state index contributed by atoms with van der Waals surface area (Å²) in [6.07, 6.45) is 0.646. The highest BCUT2D eigenvalue weighted by molar-refractivity contribution is 5.91. The zero-order chi connectivity index (χ0) is 18.6. The van der Waals surface area contributed by atoms with Gasteiger partial charge in [-0.2, -0.15) is 13.2 Å². The molecule has 1 N–H and O–H groups in total. The molecule has 1 aromatic carbocycles. The average Bonchev–Trinajstić information content (AvgIpc) is 2.52. The Morgan fingerprint density at radius 3 is 2.54 bits per heavy atom. The van der Waals surface area contributed by atoms with Crippen LogP contribution in [0.4, 0.5) is 19.0 Å². The van der Waals surface area contributed by atoms with Gasteiger partial charge >= 0.3 is 6.18 Å². The summed E-state index contributed by atoms with van der Waals surface area (Å²) >= 11 is 0. The Balaban J connectivity index is 1.53. The van der Waals surface area contributed by atoms with E-state index in [0.29, 0.717) is 17.3 Å². The van der Waals surface area contributed by atoms with Gasteiger partial charge in [0.15, 0.2) is 6.61 Å². The number of hydrogen-bond donors (Lipinski definition) is 1. The van der Waals surface area contributed by atoms with Gasteiger partial charge in [-0.15, -0.1) is 0 Å². The topological polar surface area (TPSA) is 64.1 Å². The van der Waals surface area contributed by atoms with Crippen molar-refractivity contribution < 1.29 is 22.7 Å². The number of rotatable bonds is 6. The van der Waals surface area contributed by atoms with E-state index in [9.17, 15) is 18.0 Å². The minimum absolute atomic E-state index is 0.0856. The molecule has 0 radical (unpaired) electrons. The van der Waals surface area contributed by atoms with Gasteiger partial charge in [-0.25, -0.2) is 9.97 Å². The number of amides is 1. The Morgan fingerprint density at radius 1 is 1.19 bits per heavy atom. The highest BCUT2D eigenvalue weighted by Crippen LogP contribution is 2.34. The number of halogens is 3. The smallest absolute Gasteiger partial charge is 0.422 e. The molecule has 0 spiro atoms. The summed E-state index contributed by atoms with van der Waals surface area (Å²) in [5, 5.41) is 2.72. The third-order valence-corrected chi connectivity index (χ3v) is 4.10. The molecule has 1 aromatic heterocycles. The first kappa shape index (κ1) is 18.2. The molecular formula is C18H18F3N3O2. The van der Waals surface area contributed by atoms with Crippen molar-refractivity contribution in [2.24, 2.45) is 0 Å². The Labute approximate surface area is 148 Å². The molecule has 1 heterocycles. The summed E-state index contributed by atoms with van der Waals surface area (Å²) in [5.74, 6) is 1.42. The molecule has 0 unspecified atom stereocenters. The molecule has 0 atom stereocenters. The van der Waals surface area contributed by atoms with Gasteiger partial charge in [0, 0.05) is 12.1 Å². The van der Waals surface area contributed by atoms with Crippen molar-refractivity contribution in [1.82, 2.24) is 9.97 Å². The zero-order valence-corrected chi connectivity index (χ0v) is 13.9. The number of nitrogens with one attached hydrogen (secondary N) is 1. The van der Waals surface area contributed by atoms with E-state index in [1.807, 2.05) is 0 Å². The van der Waals surface area contributed by atoms with Crippen molar-refractivity contribution >= 4 is 11.7 Å². The lowest BCUT2D eigenvalue weighted by atomic mass is 9.85. The summed E-state index contributed by atoms with van der Waals surface area (Å²) in [6.45, 7) is -1.34. The SMILES string of the molecule is O=C(Cc1ccc(OCC(F)(F)F)cc1)Nc1ccnc(C2CCC2)n1. The molecule has 1 amide bonds. The summed E-state index contributed by atoms with van der Waals surface area (Å²) in [4.78, 5) is 20.7. The Kier molecular flexibility index (Phi) is 5.39. The second-order valence-electron chi connectivity index (χ2n) is 6.20. The molecule has 26 heavy (non-hydrogen) atoms. The molecule has 1 saturated carbocycles. The van der Waals surface area contributed by atoms with Crippen LogP contribution in [0.2, 0.25) is 0 Å². The molecule has 138 valence electrons. The number of benzene rings is 1. The van der Waals surface area contributed by atoms with E-state index in [2.05, 4.69) is 20.0 Å². The summed E-state index contributed by atoms with van der Waals surface area (Å²) in [6, 6.07) is 7.58. The van der Waals surface area contributed by atoms with Crippen molar-refractivity contribution in [3.63, 3.8) is 0 Å². The third-order valence-electron chi connectivity index (χ3n) is 4.10. The van der Waals surface area contributed by atoms with Crippen LogP contribution in [0.1, 0.15) is 36.6 Å². The van der Waals surface area contributed by atoms with E-state index < -0.39 is 12.8 Å². The molecule has 1 fully saturated rings. The lowest BCUT2D eigenvalue weighted by molar-refractivity contribution is -0.153. The predicted molar refractivity (Wildman–Crippen MR) is 88.9 cm³/mol. The number of aromatic nitrogens is 2. The summed E-state index contributed by atoms with van der Waals surface area (Å²) in [5.41, 5.74) is 0.662. The molecule has 1 aliphatic carbocycles. The molecule has 2 aromatic rings.